The molecular weight excluding hydrogens is 229 g/mol. The lowest BCUT2D eigenvalue weighted by Crippen LogP contribution is -1.95. The summed E-state index contributed by atoms with van der Waals surface area (Å²) < 4.78 is 16.0. The predicted octanol–water partition coefficient (Wildman–Crippen LogP) is 2.45. The molecule has 7 heteroatoms. The minimum atomic E-state index is 0. The lowest BCUT2D eigenvalue weighted by molar-refractivity contribution is -0.178. The molecular formula is C9H11F3O4. The number of hydrogen-bond acceptors (Lipinski definition) is 4. The molecule has 0 aliphatic heterocycles. The quantitative estimate of drug-likeness (QED) is 0.501. The van der Waals surface area contributed by atoms with Crippen LogP contribution in [0.4, 0.5) is 13.9 Å². The number of phenolic OH excluding ortho intramolecular Hbond substituents is 1. The fourth-order valence-corrected chi connectivity index (χ4v) is 0.940. The highest BCUT2D eigenvalue weighted by Gasteiger charge is 2.07. The van der Waals surface area contributed by atoms with Crippen molar-refractivity contribution in [3.8, 4) is 11.5 Å². The third-order valence-corrected chi connectivity index (χ3v) is 1.63. The van der Waals surface area contributed by atoms with Crippen LogP contribution in [0.15, 0.2) is 12.1 Å². The van der Waals surface area contributed by atoms with Gasteiger partial charge in [-0.15, -0.1) is 0 Å². The van der Waals surface area contributed by atoms with Gasteiger partial charge in [0.2, 0.25) is 0 Å². The van der Waals surface area contributed by atoms with E-state index in [0.717, 1.165) is 0 Å². The molecule has 0 amide bonds. The normalized spacial score (nSPS) is 8.25. The zero-order valence-corrected chi connectivity index (χ0v) is 8.57. The largest absolute Gasteiger partial charge is 0.508 e. The topological polar surface area (TPSA) is 55.8 Å². The van der Waals surface area contributed by atoms with Gasteiger partial charge in [-0.2, -0.15) is 4.89 Å². The van der Waals surface area contributed by atoms with E-state index in [4.69, 9.17) is 14.0 Å². The molecule has 0 aliphatic carbocycles. The van der Waals surface area contributed by atoms with Crippen LogP contribution in [0, 0.1) is 6.92 Å². The maximum absolute atomic E-state index is 10.5. The molecule has 1 aromatic carbocycles. The van der Waals surface area contributed by atoms with Gasteiger partial charge in [-0.3, -0.25) is 9.50 Å². The first-order valence-corrected chi connectivity index (χ1v) is 3.82. The molecule has 0 aliphatic rings. The first-order chi connectivity index (χ1) is 7.19. The maximum Gasteiger partial charge on any atom is 0.176 e. The first kappa shape index (κ1) is 16.7. The third-order valence-electron chi connectivity index (χ3n) is 1.63. The highest BCUT2D eigenvalue weighted by atomic mass is 20.0. The van der Waals surface area contributed by atoms with Gasteiger partial charge >= 0.3 is 0 Å². The zero-order valence-electron chi connectivity index (χ0n) is 8.57. The van der Waals surface area contributed by atoms with Crippen LogP contribution in [0.5, 0.6) is 11.5 Å². The van der Waals surface area contributed by atoms with Crippen LogP contribution in [0.1, 0.15) is 15.9 Å². The van der Waals surface area contributed by atoms with E-state index in [-0.39, 0.29) is 16.0 Å². The van der Waals surface area contributed by atoms with Crippen molar-refractivity contribution in [2.75, 3.05) is 7.11 Å². The Hall–Kier alpha value is -1.76. The zero-order chi connectivity index (χ0) is 11.8. The Morgan fingerprint density at radius 3 is 2.38 bits per heavy atom. The monoisotopic (exact) mass is 240 g/mol. The number of aldehydes is 1. The van der Waals surface area contributed by atoms with E-state index in [1.165, 1.54) is 19.2 Å². The average molecular weight is 240 g/mol. The Morgan fingerprint density at radius 2 is 1.94 bits per heavy atom. The van der Waals surface area contributed by atoms with Crippen molar-refractivity contribution in [3.63, 3.8) is 0 Å². The molecule has 1 N–H and O–H groups in total. The predicted molar refractivity (Wildman–Crippen MR) is 50.6 cm³/mol. The van der Waals surface area contributed by atoms with Crippen molar-refractivity contribution in [3.05, 3.63) is 23.3 Å². The van der Waals surface area contributed by atoms with Gasteiger partial charge in [-0.05, 0) is 24.6 Å². The van der Waals surface area contributed by atoms with Gasteiger partial charge in [0.1, 0.15) is 5.75 Å². The van der Waals surface area contributed by atoms with Gasteiger partial charge in [-0.25, -0.2) is 0 Å². The van der Waals surface area contributed by atoms with Crippen LogP contribution in [0.2, 0.25) is 0 Å². The smallest absolute Gasteiger partial charge is 0.176 e. The van der Waals surface area contributed by atoms with Crippen molar-refractivity contribution in [2.45, 2.75) is 6.92 Å². The summed E-state index contributed by atoms with van der Waals surface area (Å²) >= 11 is 0. The third kappa shape index (κ3) is 4.18. The number of rotatable bonds is 3. The van der Waals surface area contributed by atoms with Crippen LogP contribution in [-0.2, 0) is 4.89 Å². The van der Waals surface area contributed by atoms with Crippen LogP contribution in [0.3, 0.4) is 0 Å². The number of halogens is 3. The van der Waals surface area contributed by atoms with Gasteiger partial charge in [0.05, 0.1) is 12.7 Å². The molecule has 0 saturated heterocycles. The average Bonchev–Trinajstić information content (AvgIpc) is 2.26. The molecule has 0 saturated carbocycles. The summed E-state index contributed by atoms with van der Waals surface area (Å²) in [5.74, 6) is 0.360. The van der Waals surface area contributed by atoms with E-state index in [1.807, 2.05) is 0 Å². The Labute approximate surface area is 89.6 Å². The highest BCUT2D eigenvalue weighted by molar-refractivity contribution is 5.80. The van der Waals surface area contributed by atoms with Gasteiger partial charge < -0.3 is 9.99 Å². The molecule has 0 atom stereocenters. The minimum absolute atomic E-state index is 0. The summed E-state index contributed by atoms with van der Waals surface area (Å²) in [7, 11) is 1.34. The fourth-order valence-electron chi connectivity index (χ4n) is 0.940. The lowest BCUT2D eigenvalue weighted by atomic mass is 10.1. The molecule has 4 nitrogen and oxygen atoms in total. The Bertz CT molecular complexity index is 331. The second-order valence-electron chi connectivity index (χ2n) is 2.54. The van der Waals surface area contributed by atoms with Crippen LogP contribution in [0.25, 0.3) is 0 Å². The van der Waals surface area contributed by atoms with Crippen molar-refractivity contribution >= 4 is 6.29 Å². The molecule has 0 heterocycles. The molecule has 0 aromatic heterocycles. The molecule has 0 radical (unpaired) electrons. The van der Waals surface area contributed by atoms with E-state index in [9.17, 15) is 9.90 Å². The summed E-state index contributed by atoms with van der Waals surface area (Å²) in [6.45, 7) is 1.70. The summed E-state index contributed by atoms with van der Waals surface area (Å²) in [6, 6.07) is 2.86. The molecule has 1 rings (SSSR count). The Kier molecular flexibility index (Phi) is 8.89. The molecule has 0 unspecified atom stereocenters. The SMILES string of the molecule is COOc1cc(C)c(O)cc1C=O.F.FF. The summed E-state index contributed by atoms with van der Waals surface area (Å²) in [5, 5.41) is 9.27. The molecule has 1 aromatic rings. The molecule has 0 bridgehead atoms. The molecule has 92 valence electrons. The van der Waals surface area contributed by atoms with Crippen molar-refractivity contribution < 1.29 is 33.5 Å². The highest BCUT2D eigenvalue weighted by Crippen LogP contribution is 2.26. The lowest BCUT2D eigenvalue weighted by Gasteiger charge is -2.06. The number of carbonyl (C=O) groups excluding carboxylic acids is 1. The Morgan fingerprint density at radius 1 is 1.38 bits per heavy atom. The van der Waals surface area contributed by atoms with Gasteiger partial charge in [0.15, 0.2) is 12.0 Å². The van der Waals surface area contributed by atoms with Gasteiger partial charge in [0, 0.05) is 9.15 Å². The first-order valence-electron chi connectivity index (χ1n) is 3.82. The number of aromatic hydroxyl groups is 1. The van der Waals surface area contributed by atoms with E-state index in [0.29, 0.717) is 17.6 Å². The summed E-state index contributed by atoms with van der Waals surface area (Å²) in [4.78, 5) is 19.7. The minimum Gasteiger partial charge on any atom is -0.508 e. The molecule has 0 fully saturated rings. The summed E-state index contributed by atoms with van der Waals surface area (Å²) in [6.07, 6.45) is 0.591. The number of hydrogen-bond donors (Lipinski definition) is 1. The molecule has 16 heavy (non-hydrogen) atoms. The van der Waals surface area contributed by atoms with Crippen molar-refractivity contribution in [2.24, 2.45) is 0 Å². The number of aryl methyl sites for hydroxylation is 1. The van der Waals surface area contributed by atoms with E-state index < -0.39 is 0 Å². The number of carbonyl (C=O) groups is 1. The summed E-state index contributed by atoms with van der Waals surface area (Å²) in [5.41, 5.74) is 0.877. The van der Waals surface area contributed by atoms with Crippen LogP contribution in [-0.4, -0.2) is 18.5 Å². The van der Waals surface area contributed by atoms with Crippen LogP contribution >= 0.6 is 0 Å². The fraction of sp³-hybridized carbons (Fsp3) is 0.222. The van der Waals surface area contributed by atoms with Crippen LogP contribution < -0.4 is 4.89 Å². The van der Waals surface area contributed by atoms with Crippen molar-refractivity contribution in [1.29, 1.82) is 0 Å². The van der Waals surface area contributed by atoms with E-state index in [1.54, 1.807) is 6.92 Å². The van der Waals surface area contributed by atoms with Gasteiger partial charge in [0.25, 0.3) is 0 Å². The number of phenols is 1. The van der Waals surface area contributed by atoms with Crippen molar-refractivity contribution in [1.82, 2.24) is 0 Å². The van der Waals surface area contributed by atoms with Gasteiger partial charge in [-0.1, -0.05) is 0 Å². The molecule has 0 spiro atoms. The maximum atomic E-state index is 10.5. The number of benzene rings is 1. The standard InChI is InChI=1S/C9H10O4.F2.FH/c1-6-3-9(13-12-2)7(5-10)4-8(6)11;1-2;/h3-5,11H,1-2H3;;1H. The van der Waals surface area contributed by atoms with E-state index in [2.05, 4.69) is 4.89 Å². The second-order valence-corrected chi connectivity index (χ2v) is 2.54. The Balaban J connectivity index is 0. The second kappa shape index (κ2) is 8.54. The van der Waals surface area contributed by atoms with E-state index >= 15 is 0 Å².